The molecular formula is C17H12ClNOS. The van der Waals surface area contributed by atoms with E-state index in [2.05, 4.69) is 6.07 Å². The summed E-state index contributed by atoms with van der Waals surface area (Å²) in [5.74, 6) is 1.33. The Morgan fingerprint density at radius 3 is 2.48 bits per heavy atom. The zero-order valence-corrected chi connectivity index (χ0v) is 12.6. The highest BCUT2D eigenvalue weighted by Gasteiger charge is 2.09. The monoisotopic (exact) mass is 313 g/mol. The molecule has 2 nitrogen and oxygen atoms in total. The van der Waals surface area contributed by atoms with E-state index >= 15 is 0 Å². The second kappa shape index (κ2) is 5.72. The lowest BCUT2D eigenvalue weighted by atomic mass is 10.1. The van der Waals surface area contributed by atoms with E-state index in [9.17, 15) is 0 Å². The van der Waals surface area contributed by atoms with Crippen molar-refractivity contribution in [2.75, 3.05) is 0 Å². The van der Waals surface area contributed by atoms with Crippen molar-refractivity contribution in [1.29, 1.82) is 0 Å². The van der Waals surface area contributed by atoms with Crippen molar-refractivity contribution in [2.45, 2.75) is 0 Å². The summed E-state index contributed by atoms with van der Waals surface area (Å²) in [5.41, 5.74) is 6.35. The van der Waals surface area contributed by atoms with Crippen LogP contribution in [0.25, 0.3) is 10.8 Å². The maximum atomic E-state index is 5.97. The summed E-state index contributed by atoms with van der Waals surface area (Å²) < 4.78 is 5.91. The van der Waals surface area contributed by atoms with E-state index in [1.54, 1.807) is 18.2 Å². The van der Waals surface area contributed by atoms with Gasteiger partial charge in [0.25, 0.3) is 0 Å². The van der Waals surface area contributed by atoms with Gasteiger partial charge in [-0.3, -0.25) is 0 Å². The number of rotatable bonds is 3. The van der Waals surface area contributed by atoms with Gasteiger partial charge in [0.1, 0.15) is 16.5 Å². The Hall–Kier alpha value is -2.10. The smallest absolute Gasteiger partial charge is 0.137 e. The molecule has 2 N–H and O–H groups in total. The lowest BCUT2D eigenvalue weighted by molar-refractivity contribution is 0.482. The molecular weight excluding hydrogens is 302 g/mol. The average molecular weight is 314 g/mol. The summed E-state index contributed by atoms with van der Waals surface area (Å²) in [6.45, 7) is 0. The molecule has 0 fully saturated rings. The summed E-state index contributed by atoms with van der Waals surface area (Å²) in [6.07, 6.45) is 0. The van der Waals surface area contributed by atoms with Gasteiger partial charge in [-0.15, -0.1) is 0 Å². The number of benzene rings is 3. The van der Waals surface area contributed by atoms with E-state index in [0.717, 1.165) is 16.5 Å². The number of hydrogen-bond acceptors (Lipinski definition) is 2. The van der Waals surface area contributed by atoms with Crippen LogP contribution in [-0.4, -0.2) is 4.99 Å². The largest absolute Gasteiger partial charge is 0.457 e. The van der Waals surface area contributed by atoms with Crippen LogP contribution in [0.2, 0.25) is 5.02 Å². The second-order valence-corrected chi connectivity index (χ2v) is 5.49. The third-order valence-corrected chi connectivity index (χ3v) is 3.61. The molecule has 3 aromatic carbocycles. The molecule has 0 amide bonds. The number of halogens is 1. The third kappa shape index (κ3) is 2.99. The Morgan fingerprint density at radius 1 is 0.952 bits per heavy atom. The van der Waals surface area contributed by atoms with Crippen LogP contribution in [-0.2, 0) is 0 Å². The van der Waals surface area contributed by atoms with Crippen LogP contribution in [0, 0.1) is 0 Å². The summed E-state index contributed by atoms with van der Waals surface area (Å²) in [5, 5.41) is 2.85. The number of ether oxygens (including phenoxy) is 1. The molecule has 0 atom stereocenters. The fourth-order valence-electron chi connectivity index (χ4n) is 2.14. The summed E-state index contributed by atoms with van der Waals surface area (Å²) in [7, 11) is 0. The predicted octanol–water partition coefficient (Wildman–Crippen LogP) is 4.92. The van der Waals surface area contributed by atoms with Crippen LogP contribution >= 0.6 is 23.8 Å². The van der Waals surface area contributed by atoms with E-state index in [1.165, 1.54) is 0 Å². The van der Waals surface area contributed by atoms with Crippen molar-refractivity contribution in [2.24, 2.45) is 5.73 Å². The average Bonchev–Trinajstić information content (AvgIpc) is 2.49. The van der Waals surface area contributed by atoms with Crippen molar-refractivity contribution in [3.63, 3.8) is 0 Å². The molecule has 3 aromatic rings. The van der Waals surface area contributed by atoms with Crippen molar-refractivity contribution in [3.8, 4) is 11.5 Å². The Labute approximate surface area is 133 Å². The van der Waals surface area contributed by atoms with Gasteiger partial charge in [0.15, 0.2) is 0 Å². The molecule has 0 saturated carbocycles. The first-order valence-corrected chi connectivity index (χ1v) is 7.18. The van der Waals surface area contributed by atoms with Crippen LogP contribution in [0.5, 0.6) is 11.5 Å². The highest BCUT2D eigenvalue weighted by Crippen LogP contribution is 2.29. The number of hydrogen-bond donors (Lipinski definition) is 1. The SMILES string of the molecule is NC(=S)c1cc(Cl)ccc1Oc1ccc2ccccc2c1. The van der Waals surface area contributed by atoms with E-state index in [4.69, 9.17) is 34.3 Å². The lowest BCUT2D eigenvalue weighted by Crippen LogP contribution is -2.10. The first-order valence-electron chi connectivity index (χ1n) is 6.39. The minimum Gasteiger partial charge on any atom is -0.457 e. The van der Waals surface area contributed by atoms with Crippen molar-refractivity contribution >= 4 is 39.6 Å². The number of nitrogens with two attached hydrogens (primary N) is 1. The predicted molar refractivity (Wildman–Crippen MR) is 91.4 cm³/mol. The Kier molecular flexibility index (Phi) is 3.78. The maximum absolute atomic E-state index is 5.97. The van der Waals surface area contributed by atoms with Gasteiger partial charge in [0, 0.05) is 5.02 Å². The molecule has 4 heteroatoms. The van der Waals surface area contributed by atoms with Gasteiger partial charge in [0.2, 0.25) is 0 Å². The van der Waals surface area contributed by atoms with Crippen LogP contribution in [0.1, 0.15) is 5.56 Å². The fourth-order valence-corrected chi connectivity index (χ4v) is 2.47. The summed E-state index contributed by atoms with van der Waals surface area (Å²) >= 11 is 11.0. The van der Waals surface area contributed by atoms with Gasteiger partial charge in [0.05, 0.1) is 5.56 Å². The zero-order valence-electron chi connectivity index (χ0n) is 11.0. The highest BCUT2D eigenvalue weighted by molar-refractivity contribution is 7.80. The molecule has 0 saturated heterocycles. The number of fused-ring (bicyclic) bond motifs is 1. The van der Waals surface area contributed by atoms with Crippen molar-refractivity contribution in [3.05, 3.63) is 71.2 Å². The molecule has 21 heavy (non-hydrogen) atoms. The Balaban J connectivity index is 2.00. The molecule has 0 unspecified atom stereocenters. The topological polar surface area (TPSA) is 35.2 Å². The van der Waals surface area contributed by atoms with Gasteiger partial charge in [-0.1, -0.05) is 54.2 Å². The first-order chi connectivity index (χ1) is 10.1. The second-order valence-electron chi connectivity index (χ2n) is 4.62. The molecule has 0 bridgehead atoms. The van der Waals surface area contributed by atoms with Crippen LogP contribution in [0.4, 0.5) is 0 Å². The fraction of sp³-hybridized carbons (Fsp3) is 0. The molecule has 0 aliphatic carbocycles. The molecule has 3 rings (SSSR count). The molecule has 0 spiro atoms. The van der Waals surface area contributed by atoms with E-state index in [0.29, 0.717) is 16.3 Å². The molecule has 0 heterocycles. The molecule has 0 aliphatic rings. The van der Waals surface area contributed by atoms with E-state index in [-0.39, 0.29) is 4.99 Å². The number of thiocarbonyl (C=S) groups is 1. The van der Waals surface area contributed by atoms with Gasteiger partial charge in [-0.05, 0) is 41.1 Å². The highest BCUT2D eigenvalue weighted by atomic mass is 35.5. The molecule has 0 aromatic heterocycles. The Bertz CT molecular complexity index is 832. The van der Waals surface area contributed by atoms with E-state index in [1.807, 2.05) is 36.4 Å². The molecule has 0 radical (unpaired) electrons. The quantitative estimate of drug-likeness (QED) is 0.697. The van der Waals surface area contributed by atoms with Crippen LogP contribution in [0.15, 0.2) is 60.7 Å². The maximum Gasteiger partial charge on any atom is 0.137 e. The standard InChI is InChI=1S/C17H12ClNOS/c18-13-6-8-16(15(10-13)17(19)21)20-14-7-5-11-3-1-2-4-12(11)9-14/h1-10H,(H2,19,21). The molecule has 104 valence electrons. The third-order valence-electron chi connectivity index (χ3n) is 3.16. The zero-order chi connectivity index (χ0) is 14.8. The van der Waals surface area contributed by atoms with E-state index < -0.39 is 0 Å². The van der Waals surface area contributed by atoms with Gasteiger partial charge in [-0.25, -0.2) is 0 Å². The normalized spacial score (nSPS) is 10.5. The van der Waals surface area contributed by atoms with Crippen LogP contribution in [0.3, 0.4) is 0 Å². The van der Waals surface area contributed by atoms with Gasteiger partial charge >= 0.3 is 0 Å². The lowest BCUT2D eigenvalue weighted by Gasteiger charge is -2.11. The van der Waals surface area contributed by atoms with Gasteiger partial charge < -0.3 is 10.5 Å². The minimum absolute atomic E-state index is 0.258. The van der Waals surface area contributed by atoms with Crippen LogP contribution < -0.4 is 10.5 Å². The molecule has 0 aliphatic heterocycles. The van der Waals surface area contributed by atoms with Gasteiger partial charge in [-0.2, -0.15) is 0 Å². The first kappa shape index (κ1) is 13.9. The Morgan fingerprint density at radius 2 is 1.71 bits per heavy atom. The minimum atomic E-state index is 0.258. The summed E-state index contributed by atoms with van der Waals surface area (Å²) in [4.78, 5) is 0.258. The summed E-state index contributed by atoms with van der Waals surface area (Å²) in [6, 6.07) is 19.2. The van der Waals surface area contributed by atoms with Crippen molar-refractivity contribution in [1.82, 2.24) is 0 Å². The van der Waals surface area contributed by atoms with Crippen molar-refractivity contribution < 1.29 is 4.74 Å².